The van der Waals surface area contributed by atoms with E-state index in [1.165, 1.54) is 0 Å². The second kappa shape index (κ2) is 9.04. The smallest absolute Gasteiger partial charge is 0.266 e. The van der Waals surface area contributed by atoms with Gasteiger partial charge in [0.2, 0.25) is 0 Å². The lowest BCUT2D eigenvalue weighted by Gasteiger charge is -2.17. The second-order valence-electron chi connectivity index (χ2n) is 5.29. The fraction of sp³-hybridized carbons (Fsp3) is 0.222. The van der Waals surface area contributed by atoms with Crippen LogP contribution in [0.25, 0.3) is 0 Å². The number of amides is 1. The molecular formula is C18H18Cl2N2O2S. The number of nitrogens with one attached hydrogen (secondary N) is 2. The number of benzene rings is 2. The first-order valence-corrected chi connectivity index (χ1v) is 8.88. The van der Waals surface area contributed by atoms with Crippen LogP contribution in [0.5, 0.6) is 5.75 Å². The van der Waals surface area contributed by atoms with Gasteiger partial charge in [-0.1, -0.05) is 48.3 Å². The maximum Gasteiger partial charge on any atom is 0.266 e. The SMILES string of the molecule is CCc1ccccc1NC(=S)NC(=O)C(C)Oc1ccc(Cl)cc1Cl. The summed E-state index contributed by atoms with van der Waals surface area (Å²) >= 11 is 17.1. The first kappa shape index (κ1) is 19.5. The van der Waals surface area contributed by atoms with Crippen LogP contribution in [0.2, 0.25) is 10.0 Å². The Morgan fingerprint density at radius 2 is 1.96 bits per heavy atom. The van der Waals surface area contributed by atoms with Gasteiger partial charge in [-0.3, -0.25) is 10.1 Å². The Balaban J connectivity index is 1.95. The van der Waals surface area contributed by atoms with Gasteiger partial charge in [-0.05, 0) is 55.4 Å². The lowest BCUT2D eigenvalue weighted by atomic mass is 10.1. The molecule has 0 aliphatic rings. The predicted molar refractivity (Wildman–Crippen MR) is 107 cm³/mol. The van der Waals surface area contributed by atoms with Gasteiger partial charge in [0.15, 0.2) is 11.2 Å². The van der Waals surface area contributed by atoms with E-state index in [0.29, 0.717) is 15.8 Å². The largest absolute Gasteiger partial charge is 0.479 e. The summed E-state index contributed by atoms with van der Waals surface area (Å²) in [4.78, 5) is 12.2. The number of hydrogen-bond acceptors (Lipinski definition) is 3. The number of para-hydroxylation sites is 1. The Labute approximate surface area is 162 Å². The molecule has 7 heteroatoms. The average Bonchev–Trinajstić information content (AvgIpc) is 2.57. The van der Waals surface area contributed by atoms with E-state index >= 15 is 0 Å². The van der Waals surface area contributed by atoms with Crippen molar-refractivity contribution in [2.24, 2.45) is 0 Å². The van der Waals surface area contributed by atoms with E-state index in [1.807, 2.05) is 31.2 Å². The molecular weight excluding hydrogens is 379 g/mol. The summed E-state index contributed by atoms with van der Waals surface area (Å²) in [5.74, 6) is 0.00131. The minimum Gasteiger partial charge on any atom is -0.479 e. The molecule has 0 saturated carbocycles. The van der Waals surface area contributed by atoms with E-state index in [0.717, 1.165) is 17.7 Å². The summed E-state index contributed by atoms with van der Waals surface area (Å²) in [5, 5.41) is 6.69. The van der Waals surface area contributed by atoms with E-state index in [-0.39, 0.29) is 11.0 Å². The van der Waals surface area contributed by atoms with Gasteiger partial charge in [-0.2, -0.15) is 0 Å². The average molecular weight is 397 g/mol. The summed E-state index contributed by atoms with van der Waals surface area (Å²) in [6.07, 6.45) is 0.0775. The first-order valence-electron chi connectivity index (χ1n) is 7.72. The van der Waals surface area contributed by atoms with Gasteiger partial charge < -0.3 is 10.1 Å². The highest BCUT2D eigenvalue weighted by atomic mass is 35.5. The summed E-state index contributed by atoms with van der Waals surface area (Å²) in [6, 6.07) is 12.6. The van der Waals surface area contributed by atoms with Crippen molar-refractivity contribution in [3.05, 3.63) is 58.1 Å². The van der Waals surface area contributed by atoms with Crippen molar-refractivity contribution in [2.45, 2.75) is 26.4 Å². The van der Waals surface area contributed by atoms with Crippen molar-refractivity contribution in [3.8, 4) is 5.75 Å². The molecule has 132 valence electrons. The number of thiocarbonyl (C=S) groups is 1. The number of ether oxygens (including phenoxy) is 1. The molecule has 0 fully saturated rings. The highest BCUT2D eigenvalue weighted by Crippen LogP contribution is 2.28. The molecule has 4 nitrogen and oxygen atoms in total. The molecule has 1 atom stereocenters. The van der Waals surface area contributed by atoms with Gasteiger partial charge >= 0.3 is 0 Å². The third-order valence-electron chi connectivity index (χ3n) is 3.45. The molecule has 25 heavy (non-hydrogen) atoms. The summed E-state index contributed by atoms with van der Waals surface area (Å²) in [6.45, 7) is 3.66. The van der Waals surface area contributed by atoms with Crippen LogP contribution in [-0.4, -0.2) is 17.1 Å². The van der Waals surface area contributed by atoms with E-state index < -0.39 is 6.10 Å². The van der Waals surface area contributed by atoms with Crippen molar-refractivity contribution in [1.82, 2.24) is 5.32 Å². The van der Waals surface area contributed by atoms with E-state index in [2.05, 4.69) is 10.6 Å². The molecule has 2 aromatic carbocycles. The van der Waals surface area contributed by atoms with Crippen molar-refractivity contribution in [1.29, 1.82) is 0 Å². The number of hydrogen-bond donors (Lipinski definition) is 2. The fourth-order valence-electron chi connectivity index (χ4n) is 2.13. The monoisotopic (exact) mass is 396 g/mol. The fourth-order valence-corrected chi connectivity index (χ4v) is 2.80. The normalized spacial score (nSPS) is 11.5. The number of carbonyl (C=O) groups excluding carboxylic acids is 1. The molecule has 0 aliphatic heterocycles. The van der Waals surface area contributed by atoms with Crippen molar-refractivity contribution >= 4 is 52.1 Å². The van der Waals surface area contributed by atoms with Crippen LogP contribution in [0.15, 0.2) is 42.5 Å². The van der Waals surface area contributed by atoms with Crippen LogP contribution >= 0.6 is 35.4 Å². The van der Waals surface area contributed by atoms with E-state index in [9.17, 15) is 4.79 Å². The zero-order chi connectivity index (χ0) is 18.4. The maximum atomic E-state index is 12.2. The standard InChI is InChI=1S/C18H18Cl2N2O2S/c1-3-12-6-4-5-7-15(12)21-18(25)22-17(23)11(2)24-16-9-8-13(19)10-14(16)20/h4-11H,3H2,1-2H3,(H2,21,22,23,25). The highest BCUT2D eigenvalue weighted by molar-refractivity contribution is 7.80. The predicted octanol–water partition coefficient (Wildman–Crippen LogP) is 4.84. The van der Waals surface area contributed by atoms with Crippen molar-refractivity contribution in [2.75, 3.05) is 5.32 Å². The number of rotatable bonds is 5. The third kappa shape index (κ3) is 5.59. The molecule has 0 radical (unpaired) electrons. The van der Waals surface area contributed by atoms with Crippen LogP contribution in [0.1, 0.15) is 19.4 Å². The minimum absolute atomic E-state index is 0.212. The molecule has 0 saturated heterocycles. The maximum absolute atomic E-state index is 12.2. The molecule has 0 spiro atoms. The molecule has 2 aromatic rings. The number of aryl methyl sites for hydroxylation is 1. The minimum atomic E-state index is -0.778. The zero-order valence-corrected chi connectivity index (χ0v) is 16.1. The molecule has 0 heterocycles. The van der Waals surface area contributed by atoms with Gasteiger partial charge in [-0.15, -0.1) is 0 Å². The lowest BCUT2D eigenvalue weighted by molar-refractivity contribution is -0.125. The van der Waals surface area contributed by atoms with Gasteiger partial charge in [-0.25, -0.2) is 0 Å². The summed E-state index contributed by atoms with van der Waals surface area (Å²) < 4.78 is 5.57. The molecule has 0 aliphatic carbocycles. The molecule has 2 rings (SSSR count). The Bertz CT molecular complexity index is 783. The van der Waals surface area contributed by atoms with Crippen LogP contribution < -0.4 is 15.4 Å². The third-order valence-corrected chi connectivity index (χ3v) is 4.18. The van der Waals surface area contributed by atoms with Crippen molar-refractivity contribution in [3.63, 3.8) is 0 Å². The molecule has 0 aromatic heterocycles. The topological polar surface area (TPSA) is 50.4 Å². The molecule has 1 unspecified atom stereocenters. The van der Waals surface area contributed by atoms with E-state index in [4.69, 9.17) is 40.2 Å². The van der Waals surface area contributed by atoms with Gasteiger partial charge in [0.1, 0.15) is 5.75 Å². The highest BCUT2D eigenvalue weighted by Gasteiger charge is 2.17. The van der Waals surface area contributed by atoms with Crippen LogP contribution in [0, 0.1) is 0 Å². The Hall–Kier alpha value is -1.82. The Kier molecular flexibility index (Phi) is 7.05. The summed E-state index contributed by atoms with van der Waals surface area (Å²) in [5.41, 5.74) is 1.97. The summed E-state index contributed by atoms with van der Waals surface area (Å²) in [7, 11) is 0. The van der Waals surface area contributed by atoms with Crippen LogP contribution in [0.3, 0.4) is 0 Å². The molecule has 1 amide bonds. The van der Waals surface area contributed by atoms with Crippen LogP contribution in [-0.2, 0) is 11.2 Å². The van der Waals surface area contributed by atoms with E-state index in [1.54, 1.807) is 25.1 Å². The van der Waals surface area contributed by atoms with Gasteiger partial charge in [0.05, 0.1) is 5.02 Å². The number of carbonyl (C=O) groups is 1. The Morgan fingerprint density at radius 1 is 1.24 bits per heavy atom. The molecule has 0 bridgehead atoms. The quantitative estimate of drug-likeness (QED) is 0.710. The molecule has 2 N–H and O–H groups in total. The first-order chi connectivity index (χ1) is 11.9. The second-order valence-corrected chi connectivity index (χ2v) is 6.54. The van der Waals surface area contributed by atoms with Crippen LogP contribution in [0.4, 0.5) is 5.69 Å². The lowest BCUT2D eigenvalue weighted by Crippen LogP contribution is -2.42. The number of anilines is 1. The van der Waals surface area contributed by atoms with Crippen molar-refractivity contribution < 1.29 is 9.53 Å². The number of halogens is 2. The van der Waals surface area contributed by atoms with Gasteiger partial charge in [0.25, 0.3) is 5.91 Å². The van der Waals surface area contributed by atoms with Gasteiger partial charge in [0, 0.05) is 10.7 Å². The zero-order valence-electron chi connectivity index (χ0n) is 13.8. The Morgan fingerprint density at radius 3 is 2.64 bits per heavy atom.